The van der Waals surface area contributed by atoms with E-state index >= 15 is 0 Å². The minimum atomic E-state index is 0.0222. The molecule has 2 N–H and O–H groups in total. The van der Waals surface area contributed by atoms with Crippen LogP contribution in [-0.4, -0.2) is 22.6 Å². The van der Waals surface area contributed by atoms with E-state index in [9.17, 15) is 4.79 Å². The maximum absolute atomic E-state index is 12.0. The maximum Gasteiger partial charge on any atom is 0.251 e. The molecule has 0 atom stereocenters. The summed E-state index contributed by atoms with van der Waals surface area (Å²) in [5, 5.41) is 13.8. The summed E-state index contributed by atoms with van der Waals surface area (Å²) in [4.78, 5) is 12.0. The van der Waals surface area contributed by atoms with Crippen molar-refractivity contribution in [3.63, 3.8) is 0 Å². The van der Waals surface area contributed by atoms with Gasteiger partial charge < -0.3 is 10.6 Å². The van der Waals surface area contributed by atoms with Gasteiger partial charge in [0, 0.05) is 23.2 Å². The summed E-state index contributed by atoms with van der Waals surface area (Å²) in [7, 11) is 0. The predicted molar refractivity (Wildman–Crippen MR) is 75.0 cm³/mol. The number of aromatic nitrogens is 2. The summed E-state index contributed by atoms with van der Waals surface area (Å²) < 4.78 is 0. The Morgan fingerprint density at radius 3 is 2.80 bits per heavy atom. The van der Waals surface area contributed by atoms with E-state index in [0.717, 1.165) is 23.5 Å². The average molecular weight is 266 g/mol. The van der Waals surface area contributed by atoms with E-state index in [4.69, 9.17) is 0 Å². The summed E-state index contributed by atoms with van der Waals surface area (Å²) in [6.07, 6.45) is 5.62. The van der Waals surface area contributed by atoms with Gasteiger partial charge in [-0.2, -0.15) is 10.2 Å². The Morgan fingerprint density at radius 1 is 1.15 bits per heavy atom. The summed E-state index contributed by atoms with van der Waals surface area (Å²) in [6.45, 7) is 0.778. The van der Waals surface area contributed by atoms with Crippen molar-refractivity contribution in [2.75, 3.05) is 11.9 Å². The average Bonchev–Trinajstić information content (AvgIpc) is 3.25. The van der Waals surface area contributed by atoms with Crippen LogP contribution in [0.2, 0.25) is 0 Å². The lowest BCUT2D eigenvalue weighted by Crippen LogP contribution is -2.39. The number of nitrogens with one attached hydrogen (secondary N) is 2. The molecule has 1 aliphatic carbocycles. The zero-order valence-electron chi connectivity index (χ0n) is 10.9. The molecule has 1 amide bonds. The quantitative estimate of drug-likeness (QED) is 0.872. The van der Waals surface area contributed by atoms with Crippen molar-refractivity contribution in [3.05, 3.63) is 47.8 Å². The molecule has 1 aliphatic heterocycles. The SMILES string of the molecule is O=C1NCC2(CC2)c2ccc(Nc3ccnnc3)cc21. The number of carbonyl (C=O) groups is 1. The predicted octanol–water partition coefficient (Wildman–Crippen LogP) is 2.00. The van der Waals surface area contributed by atoms with Crippen LogP contribution in [0.3, 0.4) is 0 Å². The molecule has 0 bridgehead atoms. The Hall–Kier alpha value is -2.43. The zero-order valence-corrected chi connectivity index (χ0v) is 10.9. The third kappa shape index (κ3) is 1.74. The number of benzene rings is 1. The summed E-state index contributed by atoms with van der Waals surface area (Å²) in [5.41, 5.74) is 3.95. The zero-order chi connectivity index (χ0) is 13.6. The molecule has 2 aromatic rings. The van der Waals surface area contributed by atoms with Crippen LogP contribution in [0.25, 0.3) is 0 Å². The first-order valence-electron chi connectivity index (χ1n) is 6.73. The van der Waals surface area contributed by atoms with E-state index in [1.54, 1.807) is 12.4 Å². The first-order valence-corrected chi connectivity index (χ1v) is 6.73. The number of hydrogen-bond donors (Lipinski definition) is 2. The van der Waals surface area contributed by atoms with E-state index in [1.807, 2.05) is 18.2 Å². The fourth-order valence-corrected chi connectivity index (χ4v) is 2.84. The molecule has 1 fully saturated rings. The fourth-order valence-electron chi connectivity index (χ4n) is 2.84. The second-order valence-electron chi connectivity index (χ2n) is 5.48. The van der Waals surface area contributed by atoms with Crippen LogP contribution in [0, 0.1) is 0 Å². The Kier molecular flexibility index (Phi) is 2.30. The molecule has 1 aromatic heterocycles. The van der Waals surface area contributed by atoms with Gasteiger partial charge in [0.05, 0.1) is 18.1 Å². The maximum atomic E-state index is 12.0. The first kappa shape index (κ1) is 11.4. The fraction of sp³-hybridized carbons (Fsp3) is 0.267. The van der Waals surface area contributed by atoms with Crippen molar-refractivity contribution in [2.45, 2.75) is 18.3 Å². The van der Waals surface area contributed by atoms with Crippen molar-refractivity contribution < 1.29 is 4.79 Å². The number of hydrogen-bond acceptors (Lipinski definition) is 4. The number of fused-ring (bicyclic) bond motifs is 2. The second-order valence-corrected chi connectivity index (χ2v) is 5.48. The lowest BCUT2D eigenvalue weighted by molar-refractivity contribution is 0.0937. The topological polar surface area (TPSA) is 66.9 Å². The van der Waals surface area contributed by atoms with Gasteiger partial charge in [0.15, 0.2) is 0 Å². The second kappa shape index (κ2) is 4.03. The van der Waals surface area contributed by atoms with E-state index in [2.05, 4.69) is 26.9 Å². The van der Waals surface area contributed by atoms with E-state index < -0.39 is 0 Å². The van der Waals surface area contributed by atoms with Gasteiger partial charge in [0.25, 0.3) is 5.91 Å². The summed E-state index contributed by atoms with van der Waals surface area (Å²) in [6, 6.07) is 7.87. The molecule has 2 heterocycles. The van der Waals surface area contributed by atoms with Gasteiger partial charge in [-0.25, -0.2) is 0 Å². The third-order valence-electron chi connectivity index (χ3n) is 4.15. The Bertz CT molecular complexity index is 680. The Balaban J connectivity index is 1.70. The number of rotatable bonds is 2. The summed E-state index contributed by atoms with van der Waals surface area (Å²) >= 11 is 0. The Morgan fingerprint density at radius 2 is 2.05 bits per heavy atom. The van der Waals surface area contributed by atoms with Crippen molar-refractivity contribution in [3.8, 4) is 0 Å². The van der Waals surface area contributed by atoms with Gasteiger partial charge in [-0.15, -0.1) is 0 Å². The van der Waals surface area contributed by atoms with Crippen LogP contribution < -0.4 is 10.6 Å². The number of carbonyl (C=O) groups excluding carboxylic acids is 1. The van der Waals surface area contributed by atoms with E-state index in [0.29, 0.717) is 0 Å². The first-order chi connectivity index (χ1) is 9.77. The highest BCUT2D eigenvalue weighted by Gasteiger charge is 2.48. The number of anilines is 2. The molecule has 0 saturated heterocycles. The number of nitrogens with zero attached hydrogens (tertiary/aromatic N) is 2. The van der Waals surface area contributed by atoms with E-state index in [-0.39, 0.29) is 11.3 Å². The third-order valence-corrected chi connectivity index (χ3v) is 4.15. The molecule has 5 heteroatoms. The van der Waals surface area contributed by atoms with Crippen LogP contribution in [-0.2, 0) is 5.41 Å². The molecule has 5 nitrogen and oxygen atoms in total. The highest BCUT2D eigenvalue weighted by molar-refractivity contribution is 5.98. The molecule has 100 valence electrons. The molecule has 20 heavy (non-hydrogen) atoms. The molecule has 1 spiro atoms. The van der Waals surface area contributed by atoms with Crippen molar-refractivity contribution in [1.82, 2.24) is 15.5 Å². The molecule has 0 unspecified atom stereocenters. The van der Waals surface area contributed by atoms with Gasteiger partial charge in [-0.05, 0) is 36.6 Å². The molecule has 2 aliphatic rings. The van der Waals surface area contributed by atoms with Gasteiger partial charge in [0.2, 0.25) is 0 Å². The van der Waals surface area contributed by atoms with Crippen molar-refractivity contribution >= 4 is 17.3 Å². The van der Waals surface area contributed by atoms with Crippen molar-refractivity contribution in [2.24, 2.45) is 0 Å². The van der Waals surface area contributed by atoms with Crippen LogP contribution in [0.1, 0.15) is 28.8 Å². The van der Waals surface area contributed by atoms with Crippen LogP contribution in [0.15, 0.2) is 36.7 Å². The minimum absolute atomic E-state index is 0.0222. The number of amides is 1. The molecule has 4 rings (SSSR count). The molecule has 1 saturated carbocycles. The van der Waals surface area contributed by atoms with Crippen LogP contribution >= 0.6 is 0 Å². The highest BCUT2D eigenvalue weighted by atomic mass is 16.1. The van der Waals surface area contributed by atoms with Gasteiger partial charge in [-0.1, -0.05) is 6.07 Å². The lowest BCUT2D eigenvalue weighted by Gasteiger charge is -2.26. The Labute approximate surface area is 116 Å². The molecule has 0 radical (unpaired) electrons. The van der Waals surface area contributed by atoms with Gasteiger partial charge in [-0.3, -0.25) is 4.79 Å². The monoisotopic (exact) mass is 266 g/mol. The normalized spacial score (nSPS) is 18.3. The van der Waals surface area contributed by atoms with E-state index in [1.165, 1.54) is 18.4 Å². The van der Waals surface area contributed by atoms with Crippen LogP contribution in [0.4, 0.5) is 11.4 Å². The van der Waals surface area contributed by atoms with Crippen LogP contribution in [0.5, 0.6) is 0 Å². The minimum Gasteiger partial charge on any atom is -0.354 e. The van der Waals surface area contributed by atoms with Crippen molar-refractivity contribution in [1.29, 1.82) is 0 Å². The molecular weight excluding hydrogens is 252 g/mol. The van der Waals surface area contributed by atoms with Gasteiger partial charge >= 0.3 is 0 Å². The molecular formula is C15H14N4O. The standard InChI is InChI=1S/C15H14N4O/c20-14-12-7-10(19-11-3-6-17-18-8-11)1-2-13(12)15(4-5-15)9-16-14/h1-3,6-8H,4-5,9H2,(H,16,20)(H,17,19). The lowest BCUT2D eigenvalue weighted by atomic mass is 9.87. The molecule has 1 aromatic carbocycles. The van der Waals surface area contributed by atoms with Gasteiger partial charge in [0.1, 0.15) is 0 Å². The highest BCUT2D eigenvalue weighted by Crippen LogP contribution is 2.50. The largest absolute Gasteiger partial charge is 0.354 e. The summed E-state index contributed by atoms with van der Waals surface area (Å²) in [5.74, 6) is 0.0222. The smallest absolute Gasteiger partial charge is 0.251 e.